The maximum Gasteiger partial charge on any atom is 0.277 e. The van der Waals surface area contributed by atoms with E-state index in [1.54, 1.807) is 42.6 Å². The largest absolute Gasteiger partial charge is 0.277 e. The van der Waals surface area contributed by atoms with Gasteiger partial charge in [-0.05, 0) is 24.3 Å². The molecule has 0 unspecified atom stereocenters. The standard InChI is InChI=1S/C14H9N3O2/c15-10-11(9-12-5-3-4-8-16-12)13-6-1-2-7-14(13)17(18)19/h1-9H. The van der Waals surface area contributed by atoms with Crippen LogP contribution in [0.25, 0.3) is 11.6 Å². The van der Waals surface area contributed by atoms with Crippen LogP contribution in [-0.4, -0.2) is 9.91 Å². The Hall–Kier alpha value is -3.00. The van der Waals surface area contributed by atoms with Gasteiger partial charge >= 0.3 is 0 Å². The second-order valence-electron chi connectivity index (χ2n) is 3.70. The van der Waals surface area contributed by atoms with E-state index in [2.05, 4.69) is 4.98 Å². The van der Waals surface area contributed by atoms with Gasteiger partial charge in [-0.15, -0.1) is 0 Å². The maximum absolute atomic E-state index is 10.9. The molecule has 0 N–H and O–H groups in total. The number of para-hydroxylation sites is 1. The molecule has 0 saturated heterocycles. The Balaban J connectivity index is 2.53. The Morgan fingerprint density at radius 2 is 2.00 bits per heavy atom. The number of nitriles is 1. The third-order valence-electron chi connectivity index (χ3n) is 2.49. The van der Waals surface area contributed by atoms with Crippen LogP contribution in [0.4, 0.5) is 5.69 Å². The number of benzene rings is 1. The number of aromatic nitrogens is 1. The fraction of sp³-hybridized carbons (Fsp3) is 0. The number of nitro groups is 1. The van der Waals surface area contributed by atoms with E-state index < -0.39 is 4.92 Å². The summed E-state index contributed by atoms with van der Waals surface area (Å²) in [4.78, 5) is 14.5. The van der Waals surface area contributed by atoms with E-state index in [4.69, 9.17) is 0 Å². The summed E-state index contributed by atoms with van der Waals surface area (Å²) in [5.74, 6) is 0. The van der Waals surface area contributed by atoms with Crippen molar-refractivity contribution in [2.75, 3.05) is 0 Å². The van der Waals surface area contributed by atoms with Crippen molar-refractivity contribution in [1.29, 1.82) is 5.26 Å². The highest BCUT2D eigenvalue weighted by Crippen LogP contribution is 2.26. The summed E-state index contributed by atoms with van der Waals surface area (Å²) in [7, 11) is 0. The van der Waals surface area contributed by atoms with Crippen LogP contribution < -0.4 is 0 Å². The monoisotopic (exact) mass is 251 g/mol. The quantitative estimate of drug-likeness (QED) is 0.477. The third-order valence-corrected chi connectivity index (χ3v) is 2.49. The van der Waals surface area contributed by atoms with Gasteiger partial charge in [0.05, 0.1) is 21.8 Å². The van der Waals surface area contributed by atoms with Gasteiger partial charge in [-0.1, -0.05) is 18.2 Å². The van der Waals surface area contributed by atoms with Gasteiger partial charge in [-0.3, -0.25) is 15.1 Å². The Morgan fingerprint density at radius 1 is 1.26 bits per heavy atom. The van der Waals surface area contributed by atoms with Crippen molar-refractivity contribution in [2.45, 2.75) is 0 Å². The fourth-order valence-electron chi connectivity index (χ4n) is 1.64. The zero-order valence-electron chi connectivity index (χ0n) is 9.85. The van der Waals surface area contributed by atoms with E-state index in [0.29, 0.717) is 11.3 Å². The molecule has 1 aromatic heterocycles. The van der Waals surface area contributed by atoms with Crippen molar-refractivity contribution >= 4 is 17.3 Å². The highest BCUT2D eigenvalue weighted by Gasteiger charge is 2.15. The van der Waals surface area contributed by atoms with Crippen molar-refractivity contribution in [3.63, 3.8) is 0 Å². The van der Waals surface area contributed by atoms with Crippen molar-refractivity contribution in [3.05, 3.63) is 70.0 Å². The summed E-state index contributed by atoms with van der Waals surface area (Å²) in [5.41, 5.74) is 0.995. The van der Waals surface area contributed by atoms with Crippen molar-refractivity contribution in [3.8, 4) is 6.07 Å². The number of pyridine rings is 1. The number of hydrogen-bond donors (Lipinski definition) is 0. The second-order valence-corrected chi connectivity index (χ2v) is 3.70. The molecule has 1 heterocycles. The lowest BCUT2D eigenvalue weighted by molar-refractivity contribution is -0.385. The van der Waals surface area contributed by atoms with Crippen molar-refractivity contribution in [2.24, 2.45) is 0 Å². The highest BCUT2D eigenvalue weighted by molar-refractivity contribution is 5.91. The van der Waals surface area contributed by atoms with Crippen LogP contribution in [0.3, 0.4) is 0 Å². The molecule has 0 aliphatic heterocycles. The molecule has 2 rings (SSSR count). The molecule has 1 aromatic carbocycles. The average Bonchev–Trinajstić information content (AvgIpc) is 2.46. The van der Waals surface area contributed by atoms with Crippen LogP contribution in [0.5, 0.6) is 0 Å². The summed E-state index contributed by atoms with van der Waals surface area (Å²) in [6.07, 6.45) is 3.13. The van der Waals surface area contributed by atoms with Crippen LogP contribution in [0.1, 0.15) is 11.3 Å². The summed E-state index contributed by atoms with van der Waals surface area (Å²) < 4.78 is 0. The highest BCUT2D eigenvalue weighted by atomic mass is 16.6. The zero-order chi connectivity index (χ0) is 13.7. The summed E-state index contributed by atoms with van der Waals surface area (Å²) in [6.45, 7) is 0. The molecule has 0 bridgehead atoms. The van der Waals surface area contributed by atoms with E-state index in [9.17, 15) is 15.4 Å². The van der Waals surface area contributed by atoms with Gasteiger partial charge in [0, 0.05) is 12.3 Å². The molecule has 0 radical (unpaired) electrons. The Bertz CT molecular complexity index is 673. The minimum Gasteiger partial charge on any atom is -0.258 e. The molecule has 0 fully saturated rings. The van der Waals surface area contributed by atoms with E-state index >= 15 is 0 Å². The third kappa shape index (κ3) is 2.82. The molecular weight excluding hydrogens is 242 g/mol. The molecule has 5 nitrogen and oxygen atoms in total. The SMILES string of the molecule is N#CC(=Cc1ccccn1)c1ccccc1[N+](=O)[O-]. The summed E-state index contributed by atoms with van der Waals surface area (Å²) in [6, 6.07) is 13.4. The Labute approximate surface area is 109 Å². The van der Waals surface area contributed by atoms with Gasteiger partial charge in [0.25, 0.3) is 5.69 Å². The number of nitro benzene ring substituents is 1. The maximum atomic E-state index is 10.9. The van der Waals surface area contributed by atoms with Crippen LogP contribution >= 0.6 is 0 Å². The molecule has 0 spiro atoms. The average molecular weight is 251 g/mol. The lowest BCUT2D eigenvalue weighted by Gasteiger charge is -2.01. The first kappa shape index (κ1) is 12.5. The lowest BCUT2D eigenvalue weighted by Crippen LogP contribution is -1.94. The van der Waals surface area contributed by atoms with E-state index in [0.717, 1.165) is 0 Å². The second kappa shape index (κ2) is 5.56. The molecule has 0 atom stereocenters. The molecule has 19 heavy (non-hydrogen) atoms. The Morgan fingerprint density at radius 3 is 2.63 bits per heavy atom. The van der Waals surface area contributed by atoms with Crippen LogP contribution in [0.2, 0.25) is 0 Å². The minimum absolute atomic E-state index is 0.0915. The molecule has 0 aliphatic carbocycles. The van der Waals surface area contributed by atoms with Gasteiger partial charge in [-0.2, -0.15) is 5.26 Å². The normalized spacial score (nSPS) is 10.8. The van der Waals surface area contributed by atoms with Gasteiger partial charge < -0.3 is 0 Å². The van der Waals surface area contributed by atoms with Crippen LogP contribution in [0, 0.1) is 21.4 Å². The number of rotatable bonds is 3. The van der Waals surface area contributed by atoms with Crippen LogP contribution in [0.15, 0.2) is 48.7 Å². The number of nitrogens with zero attached hydrogens (tertiary/aromatic N) is 3. The molecule has 0 aliphatic rings. The lowest BCUT2D eigenvalue weighted by atomic mass is 10.0. The molecule has 5 heteroatoms. The minimum atomic E-state index is -0.501. The molecule has 0 saturated carbocycles. The van der Waals surface area contributed by atoms with Gasteiger partial charge in [0.15, 0.2) is 0 Å². The molecule has 92 valence electrons. The fourth-order valence-corrected chi connectivity index (χ4v) is 1.64. The number of allylic oxidation sites excluding steroid dienone is 1. The van der Waals surface area contributed by atoms with E-state index in [1.807, 2.05) is 6.07 Å². The predicted molar refractivity (Wildman–Crippen MR) is 70.8 cm³/mol. The molecular formula is C14H9N3O2. The van der Waals surface area contributed by atoms with E-state index in [-0.39, 0.29) is 11.3 Å². The topological polar surface area (TPSA) is 79.8 Å². The van der Waals surface area contributed by atoms with Crippen molar-refractivity contribution in [1.82, 2.24) is 4.98 Å². The molecule has 0 amide bonds. The Kier molecular flexibility index (Phi) is 3.64. The smallest absolute Gasteiger partial charge is 0.258 e. The predicted octanol–water partition coefficient (Wildman–Crippen LogP) is 3.05. The van der Waals surface area contributed by atoms with Crippen molar-refractivity contribution < 1.29 is 4.92 Å². The first-order valence-electron chi connectivity index (χ1n) is 5.49. The summed E-state index contributed by atoms with van der Waals surface area (Å²) in [5, 5.41) is 20.1. The first-order chi connectivity index (χ1) is 9.22. The molecule has 2 aromatic rings. The zero-order valence-corrected chi connectivity index (χ0v) is 9.85. The van der Waals surface area contributed by atoms with Crippen LogP contribution in [-0.2, 0) is 0 Å². The van der Waals surface area contributed by atoms with Gasteiger partial charge in [-0.25, -0.2) is 0 Å². The van der Waals surface area contributed by atoms with Gasteiger partial charge in [0.1, 0.15) is 6.07 Å². The number of hydrogen-bond acceptors (Lipinski definition) is 4. The van der Waals surface area contributed by atoms with E-state index in [1.165, 1.54) is 12.1 Å². The van der Waals surface area contributed by atoms with Gasteiger partial charge in [0.2, 0.25) is 0 Å². The summed E-state index contributed by atoms with van der Waals surface area (Å²) >= 11 is 0. The first-order valence-corrected chi connectivity index (χ1v) is 5.49.